The molecule has 0 atom stereocenters. The zero-order valence-corrected chi connectivity index (χ0v) is 13.2. The van der Waals surface area contributed by atoms with Gasteiger partial charge in [-0.15, -0.1) is 36.1 Å². The van der Waals surface area contributed by atoms with Crippen molar-refractivity contribution in [3.8, 4) is 0 Å². The van der Waals surface area contributed by atoms with Gasteiger partial charge in [0.25, 0.3) is 0 Å². The smallest absolute Gasteiger partial charge is 0.291 e. The van der Waals surface area contributed by atoms with E-state index in [4.69, 9.17) is 0 Å². The van der Waals surface area contributed by atoms with Gasteiger partial charge in [-0.3, -0.25) is 5.92 Å². The third-order valence-electron chi connectivity index (χ3n) is 3.52. The molecule has 1 aromatic carbocycles. The van der Waals surface area contributed by atoms with Crippen molar-refractivity contribution in [1.82, 2.24) is 0 Å². The number of hydrogen-bond acceptors (Lipinski definition) is 0. The van der Waals surface area contributed by atoms with Gasteiger partial charge in [0.1, 0.15) is 0 Å². The molecule has 0 unspecified atom stereocenters. The van der Waals surface area contributed by atoms with E-state index in [1.807, 2.05) is 12.1 Å². The summed E-state index contributed by atoms with van der Waals surface area (Å²) < 4.78 is 0. The van der Waals surface area contributed by atoms with Crippen LogP contribution in [-0.4, -0.2) is 0 Å². The van der Waals surface area contributed by atoms with Crippen LogP contribution in [0.4, 0.5) is 0 Å². The Bertz CT molecular complexity index is 456. The molecule has 2 aliphatic rings. The summed E-state index contributed by atoms with van der Waals surface area (Å²) in [5.41, 5.74) is 1.27. The molecule has 0 spiro atoms. The van der Waals surface area contributed by atoms with Crippen LogP contribution in [0.2, 0.25) is 0 Å². The zero-order valence-electron chi connectivity index (χ0n) is 10.8. The summed E-state index contributed by atoms with van der Waals surface area (Å²) in [5.74, 6) is 2.47. The molecule has 0 saturated heterocycles. The van der Waals surface area contributed by atoms with E-state index < -0.39 is 0 Å². The first-order valence-electron chi connectivity index (χ1n) is 6.45. The standard InChI is InChI=1S/C18H16.Zr/c1-2-8-15(9-3-1)14-18(16-10-4-5-11-16)17-12-6-7-13-17;/h1-8,10-13,16-17H,14H2;/q-2;+2. The Hall–Kier alpha value is -0.937. The Morgan fingerprint density at radius 1 is 0.895 bits per heavy atom. The first kappa shape index (κ1) is 14.5. The van der Waals surface area contributed by atoms with Crippen LogP contribution in [0.15, 0.2) is 72.9 Å². The predicted octanol–water partition coefficient (Wildman–Crippen LogP) is 4.09. The second kappa shape index (κ2) is 7.01. The molecule has 0 N–H and O–H groups in total. The van der Waals surface area contributed by atoms with Crippen molar-refractivity contribution < 1.29 is 26.2 Å². The van der Waals surface area contributed by atoms with E-state index >= 15 is 0 Å². The average Bonchev–Trinajstić information content (AvgIpc) is 3.11. The molecule has 0 fully saturated rings. The fourth-order valence-electron chi connectivity index (χ4n) is 2.58. The van der Waals surface area contributed by atoms with E-state index in [-0.39, 0.29) is 26.2 Å². The van der Waals surface area contributed by atoms with Crippen LogP contribution < -0.4 is 0 Å². The van der Waals surface area contributed by atoms with Crippen LogP contribution in [-0.2, 0) is 32.6 Å². The topological polar surface area (TPSA) is 0 Å². The van der Waals surface area contributed by atoms with E-state index in [0.29, 0.717) is 11.8 Å². The van der Waals surface area contributed by atoms with Crippen molar-refractivity contribution >= 4 is 0 Å². The van der Waals surface area contributed by atoms with E-state index in [1.54, 1.807) is 0 Å². The number of rotatable bonds is 4. The molecule has 0 amide bonds. The molecule has 92 valence electrons. The van der Waals surface area contributed by atoms with Gasteiger partial charge >= 0.3 is 26.2 Å². The first-order chi connectivity index (χ1) is 8.93. The van der Waals surface area contributed by atoms with Crippen LogP contribution in [0.25, 0.3) is 0 Å². The zero-order chi connectivity index (χ0) is 12.2. The SMILES string of the molecule is [Zr+2].[c-]1ccccc1C[C-](C1C=CC=C1)C1C=CC=C1. The number of benzene rings is 1. The molecule has 0 radical (unpaired) electrons. The third-order valence-corrected chi connectivity index (χ3v) is 3.52. The van der Waals surface area contributed by atoms with E-state index in [0.717, 1.165) is 6.42 Å². The maximum Gasteiger partial charge on any atom is 2.00 e. The minimum absolute atomic E-state index is 0. The van der Waals surface area contributed by atoms with Gasteiger partial charge in [-0.25, -0.2) is 0 Å². The number of hydrogen-bond donors (Lipinski definition) is 0. The summed E-state index contributed by atoms with van der Waals surface area (Å²) in [5, 5.41) is 0. The maximum absolute atomic E-state index is 3.33. The Morgan fingerprint density at radius 3 is 1.95 bits per heavy atom. The minimum atomic E-state index is 0. The van der Waals surface area contributed by atoms with Gasteiger partial charge in [-0.05, 0) is 0 Å². The molecular formula is C18H16Zr. The molecule has 2 aliphatic carbocycles. The summed E-state index contributed by atoms with van der Waals surface area (Å²) in [7, 11) is 0. The molecular weight excluding hydrogens is 307 g/mol. The van der Waals surface area contributed by atoms with Gasteiger partial charge in [0, 0.05) is 0 Å². The van der Waals surface area contributed by atoms with Crippen molar-refractivity contribution in [3.63, 3.8) is 0 Å². The summed E-state index contributed by atoms with van der Waals surface area (Å²) in [6, 6.07) is 11.6. The molecule has 0 aromatic heterocycles. The Balaban J connectivity index is 0.00000133. The second-order valence-corrected chi connectivity index (χ2v) is 4.73. The summed E-state index contributed by atoms with van der Waals surface area (Å²) >= 11 is 0. The summed E-state index contributed by atoms with van der Waals surface area (Å²) in [4.78, 5) is 0. The van der Waals surface area contributed by atoms with Crippen LogP contribution >= 0.6 is 0 Å². The molecule has 1 heteroatoms. The van der Waals surface area contributed by atoms with Gasteiger partial charge in [0.05, 0.1) is 0 Å². The number of allylic oxidation sites excluding steroid dienone is 8. The van der Waals surface area contributed by atoms with Crippen LogP contribution in [0, 0.1) is 23.8 Å². The normalized spacial score (nSPS) is 17.5. The average molecular weight is 324 g/mol. The van der Waals surface area contributed by atoms with E-state index in [1.165, 1.54) is 11.5 Å². The van der Waals surface area contributed by atoms with Crippen molar-refractivity contribution in [3.05, 3.63) is 90.4 Å². The summed E-state index contributed by atoms with van der Waals surface area (Å²) in [6.45, 7) is 0. The third kappa shape index (κ3) is 3.54. The molecule has 0 nitrogen and oxygen atoms in total. The predicted molar refractivity (Wildman–Crippen MR) is 75.8 cm³/mol. The monoisotopic (exact) mass is 322 g/mol. The fourth-order valence-corrected chi connectivity index (χ4v) is 2.58. The van der Waals surface area contributed by atoms with Crippen molar-refractivity contribution in [1.29, 1.82) is 0 Å². The quantitative estimate of drug-likeness (QED) is 0.732. The van der Waals surface area contributed by atoms with Crippen molar-refractivity contribution in [2.45, 2.75) is 6.42 Å². The van der Waals surface area contributed by atoms with Gasteiger partial charge in [0.2, 0.25) is 0 Å². The van der Waals surface area contributed by atoms with Gasteiger partial charge in [-0.2, -0.15) is 42.3 Å². The molecule has 0 bridgehead atoms. The fraction of sp³-hybridized carbons (Fsp3) is 0.167. The van der Waals surface area contributed by atoms with Crippen molar-refractivity contribution in [2.75, 3.05) is 0 Å². The first-order valence-corrected chi connectivity index (χ1v) is 6.45. The van der Waals surface area contributed by atoms with Gasteiger partial charge in [0.15, 0.2) is 0 Å². The van der Waals surface area contributed by atoms with Crippen LogP contribution in [0.3, 0.4) is 0 Å². The second-order valence-electron chi connectivity index (χ2n) is 4.73. The van der Waals surface area contributed by atoms with Gasteiger partial charge < -0.3 is 0 Å². The van der Waals surface area contributed by atoms with E-state index in [2.05, 4.69) is 66.8 Å². The van der Waals surface area contributed by atoms with Crippen LogP contribution in [0.1, 0.15) is 5.56 Å². The Morgan fingerprint density at radius 2 is 1.47 bits per heavy atom. The molecule has 3 rings (SSSR count). The largest absolute Gasteiger partial charge is 2.00 e. The van der Waals surface area contributed by atoms with Gasteiger partial charge in [-0.1, -0.05) is 24.3 Å². The summed E-state index contributed by atoms with van der Waals surface area (Å²) in [6.07, 6.45) is 18.7. The molecule has 0 aliphatic heterocycles. The maximum atomic E-state index is 3.33. The Labute approximate surface area is 134 Å². The Kier molecular flexibility index (Phi) is 5.34. The van der Waals surface area contributed by atoms with Crippen molar-refractivity contribution in [2.24, 2.45) is 11.8 Å². The molecule has 0 saturated carbocycles. The molecule has 0 heterocycles. The van der Waals surface area contributed by atoms with E-state index in [9.17, 15) is 0 Å². The molecule has 1 aromatic rings. The van der Waals surface area contributed by atoms with Crippen LogP contribution in [0.5, 0.6) is 0 Å². The molecule has 19 heavy (non-hydrogen) atoms. The minimum Gasteiger partial charge on any atom is -0.291 e.